The van der Waals surface area contributed by atoms with Gasteiger partial charge in [0.1, 0.15) is 0 Å². The van der Waals surface area contributed by atoms with E-state index in [4.69, 9.17) is 0 Å². The maximum absolute atomic E-state index is 12.6. The summed E-state index contributed by atoms with van der Waals surface area (Å²) in [5.41, 5.74) is 5.80. The van der Waals surface area contributed by atoms with Gasteiger partial charge in [-0.1, -0.05) is 43.3 Å². The van der Waals surface area contributed by atoms with Crippen LogP contribution in [0.4, 0.5) is 11.4 Å². The minimum atomic E-state index is 0.0533. The fraction of sp³-hybridized carbons (Fsp3) is 0.350. The number of amides is 1. The minimum absolute atomic E-state index is 0.0533. The molecule has 0 aliphatic carbocycles. The number of fused-ring (bicyclic) bond motifs is 1. The number of carbonyl (C=O) groups excluding carboxylic acids is 1. The highest BCUT2D eigenvalue weighted by atomic mass is 16.2. The van der Waals surface area contributed by atoms with Gasteiger partial charge in [0.25, 0.3) is 0 Å². The zero-order valence-electron chi connectivity index (χ0n) is 14.1. The van der Waals surface area contributed by atoms with Crippen LogP contribution < -0.4 is 10.2 Å². The zero-order chi connectivity index (χ0) is 16.4. The van der Waals surface area contributed by atoms with Crippen molar-refractivity contribution >= 4 is 17.3 Å². The van der Waals surface area contributed by atoms with E-state index >= 15 is 0 Å². The molecular weight excluding hydrogens is 284 g/mol. The van der Waals surface area contributed by atoms with Gasteiger partial charge in [-0.05, 0) is 49.4 Å². The molecule has 0 unspecified atom stereocenters. The van der Waals surface area contributed by atoms with Crippen molar-refractivity contribution in [1.29, 1.82) is 0 Å². The van der Waals surface area contributed by atoms with Gasteiger partial charge >= 0.3 is 0 Å². The van der Waals surface area contributed by atoms with Crippen LogP contribution in [0.25, 0.3) is 0 Å². The van der Waals surface area contributed by atoms with E-state index in [0.717, 1.165) is 24.1 Å². The summed E-state index contributed by atoms with van der Waals surface area (Å²) in [5.74, 6) is 0.0533. The molecule has 0 spiro atoms. The molecule has 1 atom stereocenters. The Morgan fingerprint density at radius 2 is 2.00 bits per heavy atom. The number of aryl methyl sites for hydroxylation is 2. The van der Waals surface area contributed by atoms with Crippen LogP contribution in [0.1, 0.15) is 30.5 Å². The highest BCUT2D eigenvalue weighted by Crippen LogP contribution is 2.31. The van der Waals surface area contributed by atoms with Crippen molar-refractivity contribution in [3.8, 4) is 0 Å². The molecule has 2 aromatic carbocycles. The molecule has 1 amide bonds. The first-order valence-electron chi connectivity index (χ1n) is 8.33. The third-order valence-electron chi connectivity index (χ3n) is 4.67. The quantitative estimate of drug-likeness (QED) is 0.927. The van der Waals surface area contributed by atoms with Crippen LogP contribution >= 0.6 is 0 Å². The van der Waals surface area contributed by atoms with E-state index < -0.39 is 0 Å². The minimum Gasteiger partial charge on any atom is -0.359 e. The third kappa shape index (κ3) is 3.09. The van der Waals surface area contributed by atoms with Gasteiger partial charge in [0.05, 0.1) is 6.54 Å². The van der Waals surface area contributed by atoms with Crippen molar-refractivity contribution in [3.05, 3.63) is 59.2 Å². The second-order valence-electron chi connectivity index (χ2n) is 6.32. The number of nitrogens with one attached hydrogen (secondary N) is 1. The average molecular weight is 308 g/mol. The third-order valence-corrected chi connectivity index (χ3v) is 4.67. The molecule has 1 aliphatic rings. The Kier molecular flexibility index (Phi) is 4.37. The number of benzene rings is 2. The largest absolute Gasteiger partial charge is 0.359 e. The van der Waals surface area contributed by atoms with Crippen LogP contribution in [0.5, 0.6) is 0 Å². The SMILES string of the molecule is CCc1cccc(C)c1NC(=O)CN1c2ccccc2C[C@@H]1C. The van der Waals surface area contributed by atoms with Crippen molar-refractivity contribution in [1.82, 2.24) is 0 Å². The molecule has 0 aromatic heterocycles. The molecule has 0 fully saturated rings. The molecule has 3 heteroatoms. The number of hydrogen-bond donors (Lipinski definition) is 1. The Morgan fingerprint density at radius 1 is 1.22 bits per heavy atom. The predicted molar refractivity (Wildman–Crippen MR) is 96.1 cm³/mol. The second-order valence-corrected chi connectivity index (χ2v) is 6.32. The molecule has 1 N–H and O–H groups in total. The van der Waals surface area contributed by atoms with Gasteiger partial charge in [-0.15, -0.1) is 0 Å². The summed E-state index contributed by atoms with van der Waals surface area (Å²) in [5, 5.41) is 3.13. The van der Waals surface area contributed by atoms with E-state index in [2.05, 4.69) is 48.3 Å². The fourth-order valence-electron chi connectivity index (χ4n) is 3.41. The van der Waals surface area contributed by atoms with Crippen molar-refractivity contribution in [2.75, 3.05) is 16.8 Å². The summed E-state index contributed by atoms with van der Waals surface area (Å²) in [7, 11) is 0. The average Bonchev–Trinajstić information content (AvgIpc) is 2.85. The van der Waals surface area contributed by atoms with Gasteiger partial charge < -0.3 is 10.2 Å². The Balaban J connectivity index is 1.76. The number of carbonyl (C=O) groups is 1. The number of para-hydroxylation sites is 2. The second kappa shape index (κ2) is 6.45. The summed E-state index contributed by atoms with van der Waals surface area (Å²) in [6.45, 7) is 6.74. The Morgan fingerprint density at radius 3 is 2.78 bits per heavy atom. The van der Waals surface area contributed by atoms with E-state index in [-0.39, 0.29) is 5.91 Å². The first-order valence-corrected chi connectivity index (χ1v) is 8.33. The lowest BCUT2D eigenvalue weighted by molar-refractivity contribution is -0.115. The molecule has 3 rings (SSSR count). The standard InChI is InChI=1S/C20H24N2O/c1-4-16-10-7-8-14(2)20(16)21-19(23)13-22-15(3)12-17-9-5-6-11-18(17)22/h5-11,15H,4,12-13H2,1-3H3,(H,21,23)/t15-/m0/s1. The highest BCUT2D eigenvalue weighted by molar-refractivity contribution is 5.95. The molecule has 0 radical (unpaired) electrons. The Labute approximate surface area is 138 Å². The Bertz CT molecular complexity index is 723. The number of rotatable bonds is 4. The molecule has 120 valence electrons. The zero-order valence-corrected chi connectivity index (χ0v) is 14.1. The normalized spacial score (nSPS) is 16.3. The van der Waals surface area contributed by atoms with Crippen LogP contribution in [-0.2, 0) is 17.6 Å². The fourth-order valence-corrected chi connectivity index (χ4v) is 3.41. The lowest BCUT2D eigenvalue weighted by atomic mass is 10.1. The summed E-state index contributed by atoms with van der Waals surface area (Å²) < 4.78 is 0. The lowest BCUT2D eigenvalue weighted by Crippen LogP contribution is -2.37. The van der Waals surface area contributed by atoms with E-state index in [9.17, 15) is 4.79 Å². The maximum atomic E-state index is 12.6. The van der Waals surface area contributed by atoms with Crippen LogP contribution in [0.2, 0.25) is 0 Å². The smallest absolute Gasteiger partial charge is 0.243 e. The van der Waals surface area contributed by atoms with Gasteiger partial charge in [-0.3, -0.25) is 4.79 Å². The van der Waals surface area contributed by atoms with Gasteiger partial charge in [-0.25, -0.2) is 0 Å². The first kappa shape index (κ1) is 15.6. The van der Waals surface area contributed by atoms with Crippen LogP contribution in [0, 0.1) is 6.92 Å². The monoisotopic (exact) mass is 308 g/mol. The lowest BCUT2D eigenvalue weighted by Gasteiger charge is -2.24. The number of anilines is 2. The van der Waals surface area contributed by atoms with Crippen LogP contribution in [0.15, 0.2) is 42.5 Å². The van der Waals surface area contributed by atoms with Gasteiger partial charge in [0.15, 0.2) is 0 Å². The van der Waals surface area contributed by atoms with Crippen molar-refractivity contribution in [3.63, 3.8) is 0 Å². The van der Waals surface area contributed by atoms with Gasteiger partial charge in [0.2, 0.25) is 5.91 Å². The van der Waals surface area contributed by atoms with E-state index in [1.807, 2.05) is 25.1 Å². The summed E-state index contributed by atoms with van der Waals surface area (Å²) in [6, 6.07) is 14.9. The van der Waals surface area contributed by atoms with Gasteiger partial charge in [0, 0.05) is 17.4 Å². The van der Waals surface area contributed by atoms with E-state index in [0.29, 0.717) is 12.6 Å². The first-order chi connectivity index (χ1) is 11.1. The maximum Gasteiger partial charge on any atom is 0.243 e. The van der Waals surface area contributed by atoms with Crippen molar-refractivity contribution < 1.29 is 4.79 Å². The van der Waals surface area contributed by atoms with Crippen LogP contribution in [-0.4, -0.2) is 18.5 Å². The molecule has 3 nitrogen and oxygen atoms in total. The van der Waals surface area contributed by atoms with E-state index in [1.165, 1.54) is 16.8 Å². The summed E-state index contributed by atoms with van der Waals surface area (Å²) in [4.78, 5) is 14.8. The van der Waals surface area contributed by atoms with Crippen LogP contribution in [0.3, 0.4) is 0 Å². The van der Waals surface area contributed by atoms with Gasteiger partial charge in [-0.2, -0.15) is 0 Å². The molecule has 23 heavy (non-hydrogen) atoms. The molecule has 1 heterocycles. The van der Waals surface area contributed by atoms with Crippen molar-refractivity contribution in [2.24, 2.45) is 0 Å². The molecule has 2 aromatic rings. The van der Waals surface area contributed by atoms with Crippen molar-refractivity contribution in [2.45, 2.75) is 39.7 Å². The summed E-state index contributed by atoms with van der Waals surface area (Å²) >= 11 is 0. The molecular formula is C20H24N2O. The Hall–Kier alpha value is -2.29. The topological polar surface area (TPSA) is 32.3 Å². The molecule has 1 aliphatic heterocycles. The predicted octanol–water partition coefficient (Wildman–Crippen LogP) is 3.95. The molecule has 0 saturated carbocycles. The number of nitrogens with zero attached hydrogens (tertiary/aromatic N) is 1. The molecule has 0 saturated heterocycles. The number of hydrogen-bond acceptors (Lipinski definition) is 2. The molecule has 0 bridgehead atoms. The van der Waals surface area contributed by atoms with E-state index in [1.54, 1.807) is 0 Å². The summed E-state index contributed by atoms with van der Waals surface area (Å²) in [6.07, 6.45) is 1.92. The highest BCUT2D eigenvalue weighted by Gasteiger charge is 2.27.